The summed E-state index contributed by atoms with van der Waals surface area (Å²) in [6.07, 6.45) is 3.17. The van der Waals surface area contributed by atoms with E-state index in [1.54, 1.807) is 24.0 Å². The maximum absolute atomic E-state index is 12.7. The van der Waals surface area contributed by atoms with Gasteiger partial charge in [-0.1, -0.05) is 18.2 Å². The lowest BCUT2D eigenvalue weighted by Crippen LogP contribution is -2.31. The molecule has 2 aromatic rings. The first-order valence-corrected chi connectivity index (χ1v) is 7.57. The van der Waals surface area contributed by atoms with E-state index in [1.165, 1.54) is 6.20 Å². The van der Waals surface area contributed by atoms with Gasteiger partial charge in [0.05, 0.1) is 17.3 Å². The van der Waals surface area contributed by atoms with Crippen molar-refractivity contribution in [3.05, 3.63) is 59.2 Å². The number of nitrogens with two attached hydrogens (primary N) is 1. The molecule has 1 fully saturated rings. The van der Waals surface area contributed by atoms with Gasteiger partial charge in [0.25, 0.3) is 11.8 Å². The van der Waals surface area contributed by atoms with Crippen molar-refractivity contribution in [3.8, 4) is 0 Å². The molecule has 0 aliphatic carbocycles. The van der Waals surface area contributed by atoms with Gasteiger partial charge in [-0.15, -0.1) is 0 Å². The SMILES string of the molecule is Cc1nc(C2CCCN2C(=O)c2ccccc2)ncc1C(N)=O. The van der Waals surface area contributed by atoms with Gasteiger partial charge in [-0.05, 0) is 31.9 Å². The number of amides is 2. The van der Waals surface area contributed by atoms with Crippen LogP contribution in [0.1, 0.15) is 51.1 Å². The summed E-state index contributed by atoms with van der Waals surface area (Å²) < 4.78 is 0. The molecule has 0 bridgehead atoms. The van der Waals surface area contributed by atoms with Crippen LogP contribution in [0.15, 0.2) is 36.5 Å². The molecule has 1 aliphatic rings. The summed E-state index contributed by atoms with van der Waals surface area (Å²) >= 11 is 0. The molecule has 0 saturated carbocycles. The van der Waals surface area contributed by atoms with E-state index in [0.29, 0.717) is 29.2 Å². The number of nitrogens with zero attached hydrogens (tertiary/aromatic N) is 3. The lowest BCUT2D eigenvalue weighted by molar-refractivity contribution is 0.0729. The fourth-order valence-electron chi connectivity index (χ4n) is 2.91. The number of aryl methyl sites for hydroxylation is 1. The maximum Gasteiger partial charge on any atom is 0.254 e. The van der Waals surface area contributed by atoms with Gasteiger partial charge in [0.2, 0.25) is 0 Å². The second-order valence-corrected chi connectivity index (χ2v) is 5.61. The molecule has 0 radical (unpaired) electrons. The predicted octanol–water partition coefficient (Wildman–Crippen LogP) is 1.86. The molecule has 6 heteroatoms. The molecule has 1 aromatic heterocycles. The summed E-state index contributed by atoms with van der Waals surface area (Å²) in [7, 11) is 0. The Labute approximate surface area is 134 Å². The van der Waals surface area contributed by atoms with Crippen LogP contribution in [0.5, 0.6) is 0 Å². The van der Waals surface area contributed by atoms with Crippen LogP contribution in [-0.4, -0.2) is 33.2 Å². The molecular weight excluding hydrogens is 292 g/mol. The smallest absolute Gasteiger partial charge is 0.254 e. The van der Waals surface area contributed by atoms with E-state index in [-0.39, 0.29) is 11.9 Å². The monoisotopic (exact) mass is 310 g/mol. The Hall–Kier alpha value is -2.76. The number of rotatable bonds is 3. The van der Waals surface area contributed by atoms with Crippen molar-refractivity contribution in [1.82, 2.24) is 14.9 Å². The Morgan fingerprint density at radius 2 is 2.00 bits per heavy atom. The topological polar surface area (TPSA) is 89.2 Å². The van der Waals surface area contributed by atoms with Crippen molar-refractivity contribution in [3.63, 3.8) is 0 Å². The fourth-order valence-corrected chi connectivity index (χ4v) is 2.91. The van der Waals surface area contributed by atoms with Crippen molar-refractivity contribution in [1.29, 1.82) is 0 Å². The first kappa shape index (κ1) is 15.1. The highest BCUT2D eigenvalue weighted by Crippen LogP contribution is 2.31. The number of carbonyl (C=O) groups is 2. The average Bonchev–Trinajstić information content (AvgIpc) is 3.04. The minimum Gasteiger partial charge on any atom is -0.365 e. The standard InChI is InChI=1S/C17H18N4O2/c1-11-13(15(18)22)10-19-16(20-11)14-8-5-9-21(14)17(23)12-6-3-2-4-7-12/h2-4,6-7,10,14H,5,8-9H2,1H3,(H2,18,22). The zero-order valence-electron chi connectivity index (χ0n) is 12.9. The van der Waals surface area contributed by atoms with Gasteiger partial charge in [0, 0.05) is 18.3 Å². The summed E-state index contributed by atoms with van der Waals surface area (Å²) in [5.74, 6) is 0.000280. The average molecular weight is 310 g/mol. The van der Waals surface area contributed by atoms with Crippen LogP contribution < -0.4 is 5.73 Å². The molecule has 2 N–H and O–H groups in total. The molecule has 1 aliphatic heterocycles. The number of likely N-dealkylation sites (tertiary alicyclic amines) is 1. The third kappa shape index (κ3) is 2.92. The van der Waals surface area contributed by atoms with Crippen LogP contribution in [0.25, 0.3) is 0 Å². The number of primary amides is 1. The van der Waals surface area contributed by atoms with Gasteiger partial charge in [-0.2, -0.15) is 0 Å². The minimum atomic E-state index is -0.544. The summed E-state index contributed by atoms with van der Waals surface area (Å²) in [6, 6.07) is 9.03. The van der Waals surface area contributed by atoms with E-state index < -0.39 is 5.91 Å². The van der Waals surface area contributed by atoms with Gasteiger partial charge in [-0.3, -0.25) is 9.59 Å². The summed E-state index contributed by atoms with van der Waals surface area (Å²) in [4.78, 5) is 34.4. The zero-order chi connectivity index (χ0) is 16.4. The Morgan fingerprint density at radius 3 is 2.65 bits per heavy atom. The number of aromatic nitrogens is 2. The number of benzene rings is 1. The van der Waals surface area contributed by atoms with Crippen LogP contribution in [0.3, 0.4) is 0 Å². The molecule has 3 rings (SSSR count). The molecule has 118 valence electrons. The van der Waals surface area contributed by atoms with Crippen molar-refractivity contribution < 1.29 is 9.59 Å². The largest absolute Gasteiger partial charge is 0.365 e. The highest BCUT2D eigenvalue weighted by atomic mass is 16.2. The van der Waals surface area contributed by atoms with E-state index in [1.807, 2.05) is 18.2 Å². The Balaban J connectivity index is 1.89. The normalized spacial score (nSPS) is 17.3. The van der Waals surface area contributed by atoms with Gasteiger partial charge in [0.15, 0.2) is 5.82 Å². The second kappa shape index (κ2) is 6.16. The quantitative estimate of drug-likeness (QED) is 0.937. The molecule has 2 heterocycles. The lowest BCUT2D eigenvalue weighted by atomic mass is 10.1. The summed E-state index contributed by atoms with van der Waals surface area (Å²) in [6.45, 7) is 2.40. The van der Waals surface area contributed by atoms with Crippen LogP contribution >= 0.6 is 0 Å². The van der Waals surface area contributed by atoms with Crippen LogP contribution in [0, 0.1) is 6.92 Å². The van der Waals surface area contributed by atoms with Gasteiger partial charge in [-0.25, -0.2) is 9.97 Å². The number of hydrogen-bond acceptors (Lipinski definition) is 4. The third-order valence-corrected chi connectivity index (χ3v) is 4.10. The lowest BCUT2D eigenvalue weighted by Gasteiger charge is -2.24. The summed E-state index contributed by atoms with van der Waals surface area (Å²) in [5.41, 5.74) is 6.80. The van der Waals surface area contributed by atoms with Gasteiger partial charge in [0.1, 0.15) is 0 Å². The van der Waals surface area contributed by atoms with Gasteiger partial charge >= 0.3 is 0 Å². The fraction of sp³-hybridized carbons (Fsp3) is 0.294. The molecule has 0 spiro atoms. The zero-order valence-corrected chi connectivity index (χ0v) is 12.9. The maximum atomic E-state index is 12.7. The van der Waals surface area contributed by atoms with Crippen molar-refractivity contribution in [2.24, 2.45) is 5.73 Å². The Morgan fingerprint density at radius 1 is 1.26 bits per heavy atom. The Bertz CT molecular complexity index is 746. The molecular formula is C17H18N4O2. The Kier molecular flexibility index (Phi) is 4.06. The van der Waals surface area contributed by atoms with Crippen LogP contribution in [0.4, 0.5) is 0 Å². The number of hydrogen-bond donors (Lipinski definition) is 1. The van der Waals surface area contributed by atoms with E-state index in [0.717, 1.165) is 12.8 Å². The highest BCUT2D eigenvalue weighted by Gasteiger charge is 2.32. The second-order valence-electron chi connectivity index (χ2n) is 5.61. The first-order chi connectivity index (χ1) is 11.1. The molecule has 1 unspecified atom stereocenters. The summed E-state index contributed by atoms with van der Waals surface area (Å²) in [5, 5.41) is 0. The number of carbonyl (C=O) groups excluding carboxylic acids is 2. The first-order valence-electron chi connectivity index (χ1n) is 7.57. The molecule has 1 aromatic carbocycles. The predicted molar refractivity (Wildman–Crippen MR) is 84.7 cm³/mol. The van der Waals surface area contributed by atoms with Crippen molar-refractivity contribution in [2.45, 2.75) is 25.8 Å². The van der Waals surface area contributed by atoms with E-state index in [4.69, 9.17) is 5.73 Å². The molecule has 1 atom stereocenters. The highest BCUT2D eigenvalue weighted by molar-refractivity contribution is 5.95. The molecule has 2 amide bonds. The van der Waals surface area contributed by atoms with Crippen LogP contribution in [-0.2, 0) is 0 Å². The molecule has 23 heavy (non-hydrogen) atoms. The molecule has 1 saturated heterocycles. The minimum absolute atomic E-state index is 0.0201. The third-order valence-electron chi connectivity index (χ3n) is 4.10. The van der Waals surface area contributed by atoms with E-state index in [9.17, 15) is 9.59 Å². The van der Waals surface area contributed by atoms with Crippen molar-refractivity contribution in [2.75, 3.05) is 6.54 Å². The van der Waals surface area contributed by atoms with E-state index >= 15 is 0 Å². The van der Waals surface area contributed by atoms with Crippen molar-refractivity contribution >= 4 is 11.8 Å². The van der Waals surface area contributed by atoms with Crippen LogP contribution in [0.2, 0.25) is 0 Å². The van der Waals surface area contributed by atoms with Gasteiger partial charge < -0.3 is 10.6 Å². The molecule has 6 nitrogen and oxygen atoms in total. The van der Waals surface area contributed by atoms with E-state index in [2.05, 4.69) is 9.97 Å².